The summed E-state index contributed by atoms with van der Waals surface area (Å²) in [7, 11) is -3.76. The van der Waals surface area contributed by atoms with Crippen LogP contribution in [-0.4, -0.2) is 58.0 Å². The van der Waals surface area contributed by atoms with Crippen LogP contribution in [0.15, 0.2) is 0 Å². The van der Waals surface area contributed by atoms with Crippen molar-refractivity contribution < 1.29 is 37.7 Å². The molecule has 0 bridgehead atoms. The Morgan fingerprint density at radius 2 is 1.59 bits per heavy atom. The summed E-state index contributed by atoms with van der Waals surface area (Å²) in [4.78, 5) is 48.4. The molecule has 1 heterocycles. The van der Waals surface area contributed by atoms with Crippen LogP contribution in [0.2, 0.25) is 0 Å². The van der Waals surface area contributed by atoms with E-state index in [1.54, 1.807) is 20.8 Å². The Hall–Kier alpha value is -1.32. The molecule has 1 fully saturated rings. The molecule has 1 saturated heterocycles. The fourth-order valence-electron chi connectivity index (χ4n) is 3.36. The SMILES string of the molecule is CCOP(=O)(OCC)C(N(OC1(C)CC(=O)N(OC(=O)CC)C1=O)C(C)(C)C)C(C)(C)C. The Balaban J connectivity index is 3.49. The van der Waals surface area contributed by atoms with Crippen molar-refractivity contribution in [2.75, 3.05) is 13.2 Å². The van der Waals surface area contributed by atoms with Crippen LogP contribution >= 0.6 is 7.60 Å². The quantitative estimate of drug-likeness (QED) is 0.261. The van der Waals surface area contributed by atoms with Crippen LogP contribution in [0.25, 0.3) is 0 Å². The van der Waals surface area contributed by atoms with E-state index in [1.165, 1.54) is 12.0 Å². The standard InChI is InChI=1S/C21H39N2O8P/c1-11-16(25)30-22-15(24)14-21(10,17(22)26)31-23(20(7,8)9)18(19(4,5)6)32(27,28-12-2)29-13-3/h18H,11-14H2,1-10H3. The highest BCUT2D eigenvalue weighted by Crippen LogP contribution is 2.61. The van der Waals surface area contributed by atoms with Gasteiger partial charge in [0.15, 0.2) is 5.60 Å². The first kappa shape index (κ1) is 28.7. The molecule has 0 aliphatic carbocycles. The molecule has 2 amide bonds. The fourth-order valence-corrected chi connectivity index (χ4v) is 6.03. The number of carbonyl (C=O) groups excluding carboxylic acids is 3. The maximum absolute atomic E-state index is 13.9. The maximum atomic E-state index is 13.9. The smallest absolute Gasteiger partial charge is 0.330 e. The van der Waals surface area contributed by atoms with Gasteiger partial charge in [-0.25, -0.2) is 4.79 Å². The molecule has 2 atom stereocenters. The molecule has 11 heteroatoms. The molecule has 1 aliphatic rings. The highest BCUT2D eigenvalue weighted by Gasteiger charge is 2.58. The van der Waals surface area contributed by atoms with E-state index in [4.69, 9.17) is 18.7 Å². The van der Waals surface area contributed by atoms with Crippen molar-refractivity contribution in [3.8, 4) is 0 Å². The van der Waals surface area contributed by atoms with Crippen molar-refractivity contribution in [3.05, 3.63) is 0 Å². The molecule has 2 unspecified atom stereocenters. The van der Waals surface area contributed by atoms with E-state index >= 15 is 0 Å². The minimum Gasteiger partial charge on any atom is -0.330 e. The first-order valence-corrected chi connectivity index (χ1v) is 12.5. The number of nitrogens with zero attached hydrogens (tertiary/aromatic N) is 2. The largest absolute Gasteiger partial charge is 0.350 e. The van der Waals surface area contributed by atoms with Crippen molar-refractivity contribution in [3.63, 3.8) is 0 Å². The Labute approximate surface area is 191 Å². The van der Waals surface area contributed by atoms with Gasteiger partial charge in [-0.3, -0.25) is 19.0 Å². The van der Waals surface area contributed by atoms with Crippen molar-refractivity contribution >= 4 is 25.4 Å². The van der Waals surface area contributed by atoms with E-state index in [9.17, 15) is 18.9 Å². The number of hydrogen-bond acceptors (Lipinski definition) is 9. The van der Waals surface area contributed by atoms with Gasteiger partial charge in [0, 0.05) is 12.0 Å². The van der Waals surface area contributed by atoms with Gasteiger partial charge in [0.1, 0.15) is 5.78 Å². The summed E-state index contributed by atoms with van der Waals surface area (Å²) in [6.45, 7) is 17.8. The second-order valence-corrected chi connectivity index (χ2v) is 12.0. The van der Waals surface area contributed by atoms with Crippen molar-refractivity contribution in [2.24, 2.45) is 5.41 Å². The predicted molar refractivity (Wildman–Crippen MR) is 118 cm³/mol. The molecule has 10 nitrogen and oxygen atoms in total. The minimum absolute atomic E-state index is 0.000735. The average molecular weight is 479 g/mol. The van der Waals surface area contributed by atoms with Gasteiger partial charge < -0.3 is 13.9 Å². The summed E-state index contributed by atoms with van der Waals surface area (Å²) in [5.41, 5.74) is -3.13. The van der Waals surface area contributed by atoms with E-state index in [2.05, 4.69) is 0 Å². The third-order valence-corrected chi connectivity index (χ3v) is 7.53. The van der Waals surface area contributed by atoms with E-state index in [0.29, 0.717) is 5.06 Å². The molecule has 32 heavy (non-hydrogen) atoms. The van der Waals surface area contributed by atoms with Gasteiger partial charge in [-0.2, -0.15) is 5.06 Å². The lowest BCUT2D eigenvalue weighted by Crippen LogP contribution is -2.58. The van der Waals surface area contributed by atoms with E-state index in [0.717, 1.165) is 0 Å². The summed E-state index contributed by atoms with van der Waals surface area (Å²) in [5, 5.41) is 1.89. The van der Waals surface area contributed by atoms with Gasteiger partial charge in [-0.1, -0.05) is 32.8 Å². The summed E-state index contributed by atoms with van der Waals surface area (Å²) in [6.07, 6.45) is -0.347. The van der Waals surface area contributed by atoms with Crippen LogP contribution < -0.4 is 0 Å². The highest BCUT2D eigenvalue weighted by molar-refractivity contribution is 7.54. The van der Waals surface area contributed by atoms with Crippen molar-refractivity contribution in [2.45, 2.75) is 99.0 Å². The fraction of sp³-hybridized carbons (Fsp3) is 0.857. The molecule has 0 aromatic heterocycles. The van der Waals surface area contributed by atoms with Crippen LogP contribution in [0.4, 0.5) is 0 Å². The summed E-state index contributed by atoms with van der Waals surface area (Å²) >= 11 is 0. The normalized spacial score (nSPS) is 21.4. The summed E-state index contributed by atoms with van der Waals surface area (Å²) in [5.74, 6) is -3.14. The minimum atomic E-state index is -3.76. The zero-order valence-electron chi connectivity index (χ0n) is 21.0. The zero-order valence-corrected chi connectivity index (χ0v) is 21.9. The van der Waals surface area contributed by atoms with Gasteiger partial charge in [0.2, 0.25) is 0 Å². The molecule has 186 valence electrons. The molecule has 0 radical (unpaired) electrons. The predicted octanol–water partition coefficient (Wildman–Crippen LogP) is 4.04. The lowest BCUT2D eigenvalue weighted by atomic mass is 9.94. The molecule has 0 N–H and O–H groups in total. The second kappa shape index (κ2) is 10.3. The topological polar surface area (TPSA) is 112 Å². The van der Waals surface area contributed by atoms with Crippen LogP contribution in [0.5, 0.6) is 0 Å². The molecule has 0 saturated carbocycles. The molecular formula is C21H39N2O8P. The highest BCUT2D eigenvalue weighted by atomic mass is 31.2. The Morgan fingerprint density at radius 1 is 1.09 bits per heavy atom. The Morgan fingerprint density at radius 3 is 1.97 bits per heavy atom. The summed E-state index contributed by atoms with van der Waals surface area (Å²) in [6, 6.07) is 0. The second-order valence-electron chi connectivity index (χ2n) is 9.92. The molecular weight excluding hydrogens is 439 g/mol. The van der Waals surface area contributed by atoms with Crippen molar-refractivity contribution in [1.82, 2.24) is 10.1 Å². The van der Waals surface area contributed by atoms with E-state index < -0.39 is 47.7 Å². The molecule has 0 spiro atoms. The molecule has 0 aromatic rings. The first-order chi connectivity index (χ1) is 14.5. The zero-order chi connectivity index (χ0) is 25.1. The molecule has 0 aromatic carbocycles. The Bertz CT molecular complexity index is 748. The number of amides is 2. The van der Waals surface area contributed by atoms with Crippen molar-refractivity contribution in [1.29, 1.82) is 0 Å². The van der Waals surface area contributed by atoms with Gasteiger partial charge >= 0.3 is 13.6 Å². The first-order valence-electron chi connectivity index (χ1n) is 10.9. The number of hydroxylamine groups is 4. The lowest BCUT2D eigenvalue weighted by Gasteiger charge is -2.49. The van der Waals surface area contributed by atoms with Crippen LogP contribution in [0, 0.1) is 5.41 Å². The van der Waals surface area contributed by atoms with Crippen LogP contribution in [0.1, 0.15) is 82.1 Å². The third kappa shape index (κ3) is 6.38. The Kier molecular flexibility index (Phi) is 9.24. The molecule has 1 rings (SSSR count). The van der Waals surface area contributed by atoms with Gasteiger partial charge in [-0.15, -0.1) is 0 Å². The van der Waals surface area contributed by atoms with Crippen LogP contribution in [0.3, 0.4) is 0 Å². The van der Waals surface area contributed by atoms with E-state index in [-0.39, 0.29) is 26.1 Å². The van der Waals surface area contributed by atoms with Gasteiger partial charge in [-0.05, 0) is 47.0 Å². The summed E-state index contributed by atoms with van der Waals surface area (Å²) < 4.78 is 25.2. The van der Waals surface area contributed by atoms with Crippen LogP contribution in [-0.2, 0) is 37.7 Å². The van der Waals surface area contributed by atoms with E-state index in [1.807, 2.05) is 41.5 Å². The number of carbonyl (C=O) groups is 3. The monoisotopic (exact) mass is 478 g/mol. The lowest BCUT2D eigenvalue weighted by molar-refractivity contribution is -0.290. The third-order valence-electron chi connectivity index (χ3n) is 4.71. The number of hydrogen-bond donors (Lipinski definition) is 0. The number of imide groups is 1. The number of rotatable bonds is 10. The maximum Gasteiger partial charge on any atom is 0.350 e. The average Bonchev–Trinajstić information content (AvgIpc) is 2.82. The van der Waals surface area contributed by atoms with Gasteiger partial charge in [0.25, 0.3) is 11.8 Å². The van der Waals surface area contributed by atoms with Gasteiger partial charge in [0.05, 0.1) is 19.6 Å². The molecule has 1 aliphatic heterocycles.